The lowest BCUT2D eigenvalue weighted by atomic mass is 10.1. The first-order valence-corrected chi connectivity index (χ1v) is 10.8. The molecule has 31 heavy (non-hydrogen) atoms. The summed E-state index contributed by atoms with van der Waals surface area (Å²) in [6, 6.07) is 15.2. The number of rotatable bonds is 4. The Morgan fingerprint density at radius 2 is 1.77 bits per heavy atom. The van der Waals surface area contributed by atoms with Gasteiger partial charge in [0.2, 0.25) is 0 Å². The number of aromatic nitrogens is 3. The number of imidazole rings is 1. The molecule has 2 aromatic carbocycles. The van der Waals surface area contributed by atoms with Crippen molar-refractivity contribution in [2.24, 2.45) is 0 Å². The molecular weight excluding hydrogens is 410 g/mol. The molecule has 2 aromatic heterocycles. The maximum Gasteiger partial charge on any atom is 0.253 e. The van der Waals surface area contributed by atoms with E-state index in [9.17, 15) is 4.79 Å². The number of carbonyl (C=O) groups is 1. The van der Waals surface area contributed by atoms with E-state index < -0.39 is 0 Å². The molecule has 6 nitrogen and oxygen atoms in total. The monoisotopic (exact) mass is 431 g/mol. The minimum atomic E-state index is 0.102. The molecule has 156 valence electrons. The number of piperidine rings is 1. The molecule has 1 aliphatic rings. The number of hydrogen-bond acceptors (Lipinski definition) is 4. The van der Waals surface area contributed by atoms with Gasteiger partial charge in [0.1, 0.15) is 0 Å². The lowest BCUT2D eigenvalue weighted by molar-refractivity contribution is 0.0724. The normalized spacial score (nSPS) is 14.0. The number of carbonyl (C=O) groups excluding carboxylic acids is 1. The molecular formula is C24H22ClN5O. The molecule has 1 saturated heterocycles. The maximum absolute atomic E-state index is 12.8. The third-order valence-electron chi connectivity index (χ3n) is 5.57. The molecule has 1 amide bonds. The molecule has 0 bridgehead atoms. The molecule has 0 atom stereocenters. The van der Waals surface area contributed by atoms with E-state index in [-0.39, 0.29) is 5.91 Å². The molecule has 7 heteroatoms. The second kappa shape index (κ2) is 8.40. The lowest BCUT2D eigenvalue weighted by Gasteiger charge is -2.26. The summed E-state index contributed by atoms with van der Waals surface area (Å²) in [4.78, 5) is 23.9. The van der Waals surface area contributed by atoms with Crippen LogP contribution in [0.15, 0.2) is 67.1 Å². The summed E-state index contributed by atoms with van der Waals surface area (Å²) in [5.74, 6) is 0.717. The van der Waals surface area contributed by atoms with Crippen LogP contribution in [0.3, 0.4) is 0 Å². The Hall–Kier alpha value is -3.38. The van der Waals surface area contributed by atoms with Crippen LogP contribution in [0, 0.1) is 0 Å². The number of anilines is 2. The quantitative estimate of drug-likeness (QED) is 0.468. The number of para-hydroxylation sites is 1. The van der Waals surface area contributed by atoms with Crippen molar-refractivity contribution in [1.29, 1.82) is 0 Å². The number of benzene rings is 2. The highest BCUT2D eigenvalue weighted by Crippen LogP contribution is 2.28. The standard InChI is InChI=1S/C24H22ClN5O/c25-19-6-2-3-7-20(19)27-22-23-26-12-15-30(23)16-21(28-22)17-8-10-18(11-9-17)24(31)29-13-4-1-5-14-29/h2-3,6-12,15-16H,1,4-5,13-14H2,(H,27,28). The van der Waals surface area contributed by atoms with E-state index in [2.05, 4.69) is 10.3 Å². The highest BCUT2D eigenvalue weighted by Gasteiger charge is 2.18. The van der Waals surface area contributed by atoms with Crippen LogP contribution in [-0.2, 0) is 0 Å². The van der Waals surface area contributed by atoms with E-state index in [4.69, 9.17) is 16.6 Å². The molecule has 1 fully saturated rings. The minimum absolute atomic E-state index is 0.102. The fourth-order valence-electron chi connectivity index (χ4n) is 3.91. The van der Waals surface area contributed by atoms with Crippen LogP contribution < -0.4 is 5.32 Å². The Morgan fingerprint density at radius 3 is 2.55 bits per heavy atom. The summed E-state index contributed by atoms with van der Waals surface area (Å²) in [6.07, 6.45) is 8.92. The first-order chi connectivity index (χ1) is 15.2. The van der Waals surface area contributed by atoms with E-state index in [1.807, 2.05) is 70.2 Å². The molecule has 3 heterocycles. The Labute approximate surface area is 185 Å². The first-order valence-electron chi connectivity index (χ1n) is 10.4. The van der Waals surface area contributed by atoms with Crippen LogP contribution in [0.25, 0.3) is 16.9 Å². The van der Waals surface area contributed by atoms with Gasteiger partial charge in [0.25, 0.3) is 5.91 Å². The predicted molar refractivity (Wildman–Crippen MR) is 123 cm³/mol. The molecule has 0 radical (unpaired) electrons. The Morgan fingerprint density at radius 1 is 1.00 bits per heavy atom. The van der Waals surface area contributed by atoms with Crippen molar-refractivity contribution in [3.05, 3.63) is 77.7 Å². The van der Waals surface area contributed by atoms with Crippen LogP contribution in [0.1, 0.15) is 29.6 Å². The molecule has 1 N–H and O–H groups in total. The van der Waals surface area contributed by atoms with Gasteiger partial charge in [-0.15, -0.1) is 0 Å². The van der Waals surface area contributed by atoms with Crippen molar-refractivity contribution in [1.82, 2.24) is 19.3 Å². The van der Waals surface area contributed by atoms with Crippen molar-refractivity contribution >= 4 is 34.7 Å². The number of halogens is 1. The van der Waals surface area contributed by atoms with E-state index in [0.717, 1.165) is 42.9 Å². The average Bonchev–Trinajstić information content (AvgIpc) is 3.30. The number of hydrogen-bond donors (Lipinski definition) is 1. The van der Waals surface area contributed by atoms with Gasteiger partial charge in [0, 0.05) is 42.8 Å². The van der Waals surface area contributed by atoms with E-state index in [0.29, 0.717) is 22.1 Å². The summed E-state index contributed by atoms with van der Waals surface area (Å²) in [6.45, 7) is 1.69. The zero-order valence-electron chi connectivity index (χ0n) is 17.0. The summed E-state index contributed by atoms with van der Waals surface area (Å²) in [5, 5.41) is 3.91. The van der Waals surface area contributed by atoms with Gasteiger partial charge in [0.05, 0.1) is 16.4 Å². The number of nitrogens with one attached hydrogen (secondary N) is 1. The fourth-order valence-corrected chi connectivity index (χ4v) is 4.09. The fraction of sp³-hybridized carbons (Fsp3) is 0.208. The van der Waals surface area contributed by atoms with E-state index in [1.165, 1.54) is 6.42 Å². The van der Waals surface area contributed by atoms with Gasteiger partial charge in [-0.05, 0) is 43.5 Å². The van der Waals surface area contributed by atoms with Crippen LogP contribution in [0.4, 0.5) is 11.5 Å². The second-order valence-corrected chi connectivity index (χ2v) is 8.08. The summed E-state index contributed by atoms with van der Waals surface area (Å²) in [7, 11) is 0. The molecule has 1 aliphatic heterocycles. The summed E-state index contributed by atoms with van der Waals surface area (Å²) >= 11 is 6.31. The van der Waals surface area contributed by atoms with Gasteiger partial charge in [-0.2, -0.15) is 0 Å². The largest absolute Gasteiger partial charge is 0.339 e. The van der Waals surface area contributed by atoms with Crippen molar-refractivity contribution in [2.75, 3.05) is 18.4 Å². The predicted octanol–water partition coefficient (Wildman–Crippen LogP) is 5.42. The van der Waals surface area contributed by atoms with Gasteiger partial charge in [0.15, 0.2) is 11.5 Å². The highest BCUT2D eigenvalue weighted by molar-refractivity contribution is 6.33. The molecule has 5 rings (SSSR count). The summed E-state index contributed by atoms with van der Waals surface area (Å²) < 4.78 is 1.92. The topological polar surface area (TPSA) is 62.5 Å². The van der Waals surface area contributed by atoms with Crippen molar-refractivity contribution in [3.8, 4) is 11.3 Å². The third-order valence-corrected chi connectivity index (χ3v) is 5.90. The molecule has 4 aromatic rings. The van der Waals surface area contributed by atoms with Crippen molar-refractivity contribution < 1.29 is 4.79 Å². The molecule has 0 saturated carbocycles. The van der Waals surface area contributed by atoms with Crippen LogP contribution in [0.5, 0.6) is 0 Å². The van der Waals surface area contributed by atoms with Crippen molar-refractivity contribution in [3.63, 3.8) is 0 Å². The van der Waals surface area contributed by atoms with Crippen LogP contribution >= 0.6 is 11.6 Å². The van der Waals surface area contributed by atoms with Crippen LogP contribution in [-0.4, -0.2) is 38.3 Å². The van der Waals surface area contributed by atoms with Gasteiger partial charge in [-0.1, -0.05) is 35.9 Å². The second-order valence-electron chi connectivity index (χ2n) is 7.67. The Bertz CT molecular complexity index is 1230. The van der Waals surface area contributed by atoms with Crippen molar-refractivity contribution in [2.45, 2.75) is 19.3 Å². The molecule has 0 aliphatic carbocycles. The highest BCUT2D eigenvalue weighted by atomic mass is 35.5. The zero-order chi connectivity index (χ0) is 21.2. The first kappa shape index (κ1) is 19.6. The van der Waals surface area contributed by atoms with E-state index >= 15 is 0 Å². The van der Waals surface area contributed by atoms with Gasteiger partial charge >= 0.3 is 0 Å². The maximum atomic E-state index is 12.8. The smallest absolute Gasteiger partial charge is 0.253 e. The lowest BCUT2D eigenvalue weighted by Crippen LogP contribution is -2.35. The SMILES string of the molecule is O=C(c1ccc(-c2cn3ccnc3c(Nc3ccccc3Cl)n2)cc1)N1CCCCC1. The Kier molecular flexibility index (Phi) is 5.30. The van der Waals surface area contributed by atoms with E-state index in [1.54, 1.807) is 6.20 Å². The number of nitrogens with zero attached hydrogens (tertiary/aromatic N) is 4. The minimum Gasteiger partial charge on any atom is -0.339 e. The number of amides is 1. The number of likely N-dealkylation sites (tertiary alicyclic amines) is 1. The Balaban J connectivity index is 1.46. The van der Waals surface area contributed by atoms with Crippen LogP contribution in [0.2, 0.25) is 5.02 Å². The molecule has 0 spiro atoms. The zero-order valence-corrected chi connectivity index (χ0v) is 17.7. The molecule has 0 unspecified atom stereocenters. The van der Waals surface area contributed by atoms with Gasteiger partial charge in [-0.3, -0.25) is 4.79 Å². The van der Waals surface area contributed by atoms with Gasteiger partial charge < -0.3 is 14.6 Å². The number of fused-ring (bicyclic) bond motifs is 1. The average molecular weight is 432 g/mol. The summed E-state index contributed by atoms with van der Waals surface area (Å²) in [5.41, 5.74) is 3.88. The van der Waals surface area contributed by atoms with Gasteiger partial charge in [-0.25, -0.2) is 9.97 Å². The third kappa shape index (κ3) is 3.99.